The number of fused-ring (bicyclic) bond motifs is 1. The minimum Gasteiger partial charge on any atom is -0.375 e. The third-order valence-electron chi connectivity index (χ3n) is 5.53. The van der Waals surface area contributed by atoms with Gasteiger partial charge in [0.05, 0.1) is 12.2 Å². The second kappa shape index (κ2) is 7.64. The zero-order valence-corrected chi connectivity index (χ0v) is 16.3. The van der Waals surface area contributed by atoms with Gasteiger partial charge in [0, 0.05) is 18.4 Å². The van der Waals surface area contributed by atoms with Crippen LogP contribution in [0.4, 0.5) is 5.69 Å². The van der Waals surface area contributed by atoms with Crippen LogP contribution >= 0.6 is 0 Å². The predicted molar refractivity (Wildman–Crippen MR) is 112 cm³/mol. The maximum absolute atomic E-state index is 13.3. The maximum Gasteiger partial charge on any atom is 0.264 e. The average molecular weight is 385 g/mol. The first-order valence-electron chi connectivity index (χ1n) is 9.73. The smallest absolute Gasteiger partial charge is 0.264 e. The number of rotatable bonds is 6. The van der Waals surface area contributed by atoms with Crippen LogP contribution in [-0.2, 0) is 28.2 Å². The van der Waals surface area contributed by atoms with Gasteiger partial charge in [0.15, 0.2) is 5.60 Å². The van der Waals surface area contributed by atoms with Gasteiger partial charge in [-0.3, -0.25) is 9.59 Å². The summed E-state index contributed by atoms with van der Waals surface area (Å²) in [7, 11) is 0. The molecule has 1 N–H and O–H groups in total. The van der Waals surface area contributed by atoms with Gasteiger partial charge in [-0.2, -0.15) is 0 Å². The fourth-order valence-electron chi connectivity index (χ4n) is 3.96. The summed E-state index contributed by atoms with van der Waals surface area (Å²) in [5.41, 5.74) is 2.29. The number of hydrogen-bond acceptors (Lipinski definition) is 3. The van der Waals surface area contributed by atoms with Crippen LogP contribution in [0, 0.1) is 6.92 Å². The average Bonchev–Trinajstić information content (AvgIpc) is 2.92. The lowest BCUT2D eigenvalue weighted by molar-refractivity contribution is -0.141. The zero-order valence-electron chi connectivity index (χ0n) is 16.3. The summed E-state index contributed by atoms with van der Waals surface area (Å²) in [6, 6.07) is 24.4. The van der Waals surface area contributed by atoms with Gasteiger partial charge in [-0.05, 0) is 29.7 Å². The summed E-state index contributed by atoms with van der Waals surface area (Å²) in [5.74, 6) is -0.608. The Hall–Kier alpha value is -3.24. The minimum atomic E-state index is -1.83. The normalized spacial score (nSPS) is 18.0. The van der Waals surface area contributed by atoms with Crippen molar-refractivity contribution in [3.63, 3.8) is 0 Å². The molecule has 0 aromatic heterocycles. The van der Waals surface area contributed by atoms with Gasteiger partial charge in [-0.1, -0.05) is 72.8 Å². The third-order valence-corrected chi connectivity index (χ3v) is 5.53. The Balaban J connectivity index is 1.63. The summed E-state index contributed by atoms with van der Waals surface area (Å²) in [5, 5.41) is 11.4. The molecule has 0 bridgehead atoms. The lowest BCUT2D eigenvalue weighted by Crippen LogP contribution is -2.41. The summed E-state index contributed by atoms with van der Waals surface area (Å²) in [4.78, 5) is 27.6. The highest BCUT2D eigenvalue weighted by atomic mass is 16.3. The van der Waals surface area contributed by atoms with Crippen molar-refractivity contribution in [1.82, 2.24) is 0 Å². The quantitative estimate of drug-likeness (QED) is 0.699. The van der Waals surface area contributed by atoms with Crippen LogP contribution in [0.15, 0.2) is 78.9 Å². The minimum absolute atomic E-state index is 0.167. The molecule has 0 aliphatic carbocycles. The molecule has 4 heteroatoms. The second-order valence-electron chi connectivity index (χ2n) is 7.57. The molecule has 0 spiro atoms. The van der Waals surface area contributed by atoms with E-state index in [9.17, 15) is 14.7 Å². The standard InChI is InChI=1S/C25H23NO3/c1-18-9-5-6-12-20(18)17-26-23-14-8-7-13-22(23)25(29,24(26)28)16-21(27)15-19-10-3-2-4-11-19/h2-14,29H,15-17H2,1H3/t25-/m1/s1. The SMILES string of the molecule is Cc1ccccc1CN1C(=O)[C@@](O)(CC(=O)Cc2ccccc2)c2ccccc21. The van der Waals surface area contributed by atoms with E-state index in [2.05, 4.69) is 0 Å². The van der Waals surface area contributed by atoms with E-state index in [-0.39, 0.29) is 18.6 Å². The van der Waals surface area contributed by atoms with Gasteiger partial charge >= 0.3 is 0 Å². The van der Waals surface area contributed by atoms with Crippen LogP contribution in [-0.4, -0.2) is 16.8 Å². The van der Waals surface area contributed by atoms with Crippen LogP contribution < -0.4 is 4.90 Å². The van der Waals surface area contributed by atoms with Crippen LogP contribution in [0.25, 0.3) is 0 Å². The van der Waals surface area contributed by atoms with Crippen molar-refractivity contribution in [2.24, 2.45) is 0 Å². The van der Waals surface area contributed by atoms with E-state index in [4.69, 9.17) is 0 Å². The van der Waals surface area contributed by atoms with E-state index in [0.717, 1.165) is 16.7 Å². The van der Waals surface area contributed by atoms with Gasteiger partial charge in [-0.25, -0.2) is 0 Å². The monoisotopic (exact) mass is 385 g/mol. The van der Waals surface area contributed by atoms with Crippen molar-refractivity contribution in [1.29, 1.82) is 0 Å². The van der Waals surface area contributed by atoms with Crippen LogP contribution in [0.5, 0.6) is 0 Å². The van der Waals surface area contributed by atoms with Crippen LogP contribution in [0.1, 0.15) is 28.7 Å². The van der Waals surface area contributed by atoms with E-state index in [1.165, 1.54) is 0 Å². The zero-order chi connectivity index (χ0) is 20.4. The first-order valence-corrected chi connectivity index (χ1v) is 9.73. The molecule has 1 heterocycles. The maximum atomic E-state index is 13.3. The number of hydrogen-bond donors (Lipinski definition) is 1. The lowest BCUT2D eigenvalue weighted by Gasteiger charge is -2.23. The first-order chi connectivity index (χ1) is 14.0. The number of carbonyl (C=O) groups excluding carboxylic acids is 2. The Labute approximate surface area is 170 Å². The van der Waals surface area contributed by atoms with E-state index in [0.29, 0.717) is 17.8 Å². The molecular weight excluding hydrogens is 362 g/mol. The topological polar surface area (TPSA) is 57.6 Å². The number of aliphatic hydroxyl groups is 1. The lowest BCUT2D eigenvalue weighted by atomic mass is 9.88. The molecule has 0 saturated carbocycles. The summed E-state index contributed by atoms with van der Waals surface area (Å²) in [6.07, 6.45) is -0.0433. The Bertz CT molecular complexity index is 1060. The summed E-state index contributed by atoms with van der Waals surface area (Å²) >= 11 is 0. The number of para-hydroxylation sites is 1. The number of anilines is 1. The Kier molecular flexibility index (Phi) is 5.03. The summed E-state index contributed by atoms with van der Waals surface area (Å²) < 4.78 is 0. The first kappa shape index (κ1) is 19.1. The Morgan fingerprint density at radius 1 is 0.931 bits per heavy atom. The number of nitrogens with zero attached hydrogens (tertiary/aromatic N) is 1. The Morgan fingerprint density at radius 2 is 1.59 bits per heavy atom. The van der Waals surface area contributed by atoms with Crippen LogP contribution in [0.2, 0.25) is 0 Å². The molecular formula is C25H23NO3. The molecule has 4 rings (SSSR count). The van der Waals surface area contributed by atoms with Gasteiger partial charge < -0.3 is 10.0 Å². The Morgan fingerprint density at radius 3 is 2.34 bits per heavy atom. The highest BCUT2D eigenvalue weighted by Crippen LogP contribution is 2.43. The number of Topliss-reactive ketones (excluding diaryl/α,β-unsaturated/α-hetero) is 1. The van der Waals surface area contributed by atoms with Gasteiger partial charge in [0.25, 0.3) is 5.91 Å². The fourth-order valence-corrected chi connectivity index (χ4v) is 3.96. The molecule has 29 heavy (non-hydrogen) atoms. The molecule has 0 saturated heterocycles. The highest BCUT2D eigenvalue weighted by Gasteiger charge is 2.50. The molecule has 3 aromatic carbocycles. The molecule has 1 atom stereocenters. The largest absolute Gasteiger partial charge is 0.375 e. The number of aryl methyl sites for hydroxylation is 1. The van der Waals surface area contributed by atoms with Gasteiger partial charge in [-0.15, -0.1) is 0 Å². The molecule has 3 aromatic rings. The third kappa shape index (κ3) is 3.59. The number of benzene rings is 3. The van der Waals surface area contributed by atoms with E-state index in [1.54, 1.807) is 17.0 Å². The summed E-state index contributed by atoms with van der Waals surface area (Å²) in [6.45, 7) is 2.36. The molecule has 0 unspecified atom stereocenters. The van der Waals surface area contributed by atoms with E-state index >= 15 is 0 Å². The van der Waals surface area contributed by atoms with Crippen molar-refractivity contribution in [2.45, 2.75) is 31.9 Å². The van der Waals surface area contributed by atoms with Crippen LogP contribution in [0.3, 0.4) is 0 Å². The van der Waals surface area contributed by atoms with Gasteiger partial charge in [0.2, 0.25) is 0 Å². The number of carbonyl (C=O) groups is 2. The van der Waals surface area contributed by atoms with Gasteiger partial charge in [0.1, 0.15) is 5.78 Å². The molecule has 0 fully saturated rings. The van der Waals surface area contributed by atoms with Crippen molar-refractivity contribution < 1.29 is 14.7 Å². The predicted octanol–water partition coefficient (Wildman–Crippen LogP) is 3.93. The molecule has 4 nitrogen and oxygen atoms in total. The molecule has 1 aliphatic heterocycles. The van der Waals surface area contributed by atoms with E-state index in [1.807, 2.05) is 73.7 Å². The van der Waals surface area contributed by atoms with E-state index < -0.39 is 11.5 Å². The number of amides is 1. The highest BCUT2D eigenvalue weighted by molar-refractivity contribution is 6.08. The molecule has 1 aliphatic rings. The second-order valence-corrected chi connectivity index (χ2v) is 7.57. The molecule has 1 amide bonds. The van der Waals surface area contributed by atoms with Crippen molar-refractivity contribution in [3.8, 4) is 0 Å². The van der Waals surface area contributed by atoms with Crippen molar-refractivity contribution >= 4 is 17.4 Å². The fraction of sp³-hybridized carbons (Fsp3) is 0.200. The number of ketones is 1. The molecule has 146 valence electrons. The molecule has 0 radical (unpaired) electrons. The van der Waals surface area contributed by atoms with Crippen molar-refractivity contribution in [2.75, 3.05) is 4.90 Å². The van der Waals surface area contributed by atoms with Crippen molar-refractivity contribution in [3.05, 3.63) is 101 Å².